The zero-order valence-corrected chi connectivity index (χ0v) is 16.2. The van der Waals surface area contributed by atoms with Gasteiger partial charge in [0.2, 0.25) is 0 Å². The molecule has 146 valence electrons. The van der Waals surface area contributed by atoms with E-state index in [1.54, 1.807) is 13.0 Å². The third-order valence-corrected chi connectivity index (χ3v) is 6.15. The average molecular weight is 401 g/mol. The van der Waals surface area contributed by atoms with Crippen molar-refractivity contribution >= 4 is 39.0 Å². The Hall–Kier alpha value is -2.74. The van der Waals surface area contributed by atoms with Crippen LogP contribution in [0.25, 0.3) is 10.2 Å². The lowest BCUT2D eigenvalue weighted by Crippen LogP contribution is -2.20. The van der Waals surface area contributed by atoms with Gasteiger partial charge in [0.1, 0.15) is 33.4 Å². The summed E-state index contributed by atoms with van der Waals surface area (Å²) in [7, 11) is 0. The van der Waals surface area contributed by atoms with Crippen LogP contribution in [0.4, 0.5) is 15.9 Å². The molecule has 2 aromatic heterocycles. The molecule has 1 fully saturated rings. The Morgan fingerprint density at radius 2 is 2.07 bits per heavy atom. The summed E-state index contributed by atoms with van der Waals surface area (Å²) in [5.74, 6) is -0.449. The number of rotatable bonds is 5. The minimum absolute atomic E-state index is 0.0722. The fraction of sp³-hybridized carbons (Fsp3) is 0.350. The van der Waals surface area contributed by atoms with Gasteiger partial charge in [0.15, 0.2) is 0 Å². The second-order valence-corrected chi connectivity index (χ2v) is 7.91. The van der Waals surface area contributed by atoms with E-state index in [0.29, 0.717) is 33.0 Å². The Balaban J connectivity index is 1.70. The van der Waals surface area contributed by atoms with Gasteiger partial charge in [0.25, 0.3) is 0 Å². The number of aryl methyl sites for hydroxylation is 1. The number of thiophene rings is 1. The Labute approximate surface area is 165 Å². The fourth-order valence-electron chi connectivity index (χ4n) is 3.56. The molecule has 0 radical (unpaired) electrons. The van der Waals surface area contributed by atoms with Crippen molar-refractivity contribution in [3.63, 3.8) is 0 Å². The summed E-state index contributed by atoms with van der Waals surface area (Å²) in [5, 5.41) is 13.2. The maximum absolute atomic E-state index is 13.9. The van der Waals surface area contributed by atoms with Gasteiger partial charge in [-0.1, -0.05) is 6.42 Å². The first-order valence-corrected chi connectivity index (χ1v) is 10.0. The Morgan fingerprint density at radius 1 is 1.29 bits per heavy atom. The molecule has 1 aliphatic rings. The van der Waals surface area contributed by atoms with Gasteiger partial charge >= 0.3 is 5.97 Å². The zero-order chi connectivity index (χ0) is 19.7. The van der Waals surface area contributed by atoms with E-state index in [-0.39, 0.29) is 16.8 Å². The van der Waals surface area contributed by atoms with Crippen molar-refractivity contribution in [3.8, 4) is 5.75 Å². The van der Waals surface area contributed by atoms with Gasteiger partial charge in [0.05, 0.1) is 17.2 Å². The number of hydrogen-bond acceptors (Lipinski definition) is 6. The third-order valence-electron chi connectivity index (χ3n) is 4.96. The van der Waals surface area contributed by atoms with Crippen LogP contribution in [0.1, 0.15) is 47.3 Å². The number of aromatic carboxylic acids is 1. The molecule has 0 aliphatic heterocycles. The largest absolute Gasteiger partial charge is 0.488 e. The lowest BCUT2D eigenvalue weighted by molar-refractivity contribution is 0.0701. The van der Waals surface area contributed by atoms with E-state index in [2.05, 4.69) is 15.3 Å². The van der Waals surface area contributed by atoms with E-state index in [1.165, 1.54) is 24.9 Å². The average Bonchev–Trinajstić information content (AvgIpc) is 3.03. The molecule has 2 heterocycles. The lowest BCUT2D eigenvalue weighted by atomic mass is 9.98. The summed E-state index contributed by atoms with van der Waals surface area (Å²) in [6.45, 7) is 1.74. The summed E-state index contributed by atoms with van der Waals surface area (Å²) in [6.07, 6.45) is 6.80. The first-order valence-electron chi connectivity index (χ1n) is 9.23. The molecule has 3 aromatic rings. The minimum atomic E-state index is -0.991. The molecule has 4 rings (SSSR count). The highest BCUT2D eigenvalue weighted by atomic mass is 32.1. The van der Waals surface area contributed by atoms with Crippen LogP contribution in [0.3, 0.4) is 0 Å². The summed E-state index contributed by atoms with van der Waals surface area (Å²) < 4.78 is 19.9. The Morgan fingerprint density at radius 3 is 2.82 bits per heavy atom. The predicted octanol–water partition coefficient (Wildman–Crippen LogP) is 5.29. The van der Waals surface area contributed by atoms with Crippen molar-refractivity contribution in [2.45, 2.75) is 45.1 Å². The van der Waals surface area contributed by atoms with Gasteiger partial charge in [0, 0.05) is 6.07 Å². The normalized spacial score (nSPS) is 14.9. The molecule has 0 saturated heterocycles. The maximum atomic E-state index is 13.9. The first-order chi connectivity index (χ1) is 13.5. The van der Waals surface area contributed by atoms with Crippen LogP contribution in [0.2, 0.25) is 0 Å². The van der Waals surface area contributed by atoms with Crippen molar-refractivity contribution in [3.05, 3.63) is 40.8 Å². The molecule has 6 nitrogen and oxygen atoms in total. The highest BCUT2D eigenvalue weighted by Crippen LogP contribution is 2.37. The van der Waals surface area contributed by atoms with E-state index in [4.69, 9.17) is 4.74 Å². The van der Waals surface area contributed by atoms with Crippen molar-refractivity contribution < 1.29 is 19.0 Å². The number of benzene rings is 1. The van der Waals surface area contributed by atoms with Crippen LogP contribution >= 0.6 is 11.3 Å². The molecule has 28 heavy (non-hydrogen) atoms. The van der Waals surface area contributed by atoms with Crippen LogP contribution in [0.15, 0.2) is 24.5 Å². The Kier molecular flexibility index (Phi) is 5.13. The highest BCUT2D eigenvalue weighted by molar-refractivity contribution is 7.20. The van der Waals surface area contributed by atoms with Gasteiger partial charge in [-0.15, -0.1) is 11.3 Å². The zero-order valence-electron chi connectivity index (χ0n) is 15.4. The number of hydrogen-bond donors (Lipinski definition) is 2. The third kappa shape index (κ3) is 3.64. The number of halogens is 1. The molecular weight excluding hydrogens is 381 g/mol. The summed E-state index contributed by atoms with van der Waals surface area (Å²) >= 11 is 1.11. The molecule has 0 unspecified atom stereocenters. The highest BCUT2D eigenvalue weighted by Gasteiger charge is 2.21. The Bertz CT molecular complexity index is 1030. The number of anilines is 2. The number of aromatic nitrogens is 2. The van der Waals surface area contributed by atoms with Crippen molar-refractivity contribution in [2.24, 2.45) is 0 Å². The summed E-state index contributed by atoms with van der Waals surface area (Å²) in [5.41, 5.74) is 1.20. The van der Waals surface area contributed by atoms with Crippen LogP contribution in [0.5, 0.6) is 5.75 Å². The lowest BCUT2D eigenvalue weighted by Gasteiger charge is -2.24. The summed E-state index contributed by atoms with van der Waals surface area (Å²) in [4.78, 5) is 20.8. The second kappa shape index (κ2) is 7.71. The molecule has 0 spiro atoms. The van der Waals surface area contributed by atoms with Crippen LogP contribution < -0.4 is 10.1 Å². The number of carboxylic acids is 1. The van der Waals surface area contributed by atoms with E-state index in [0.717, 1.165) is 37.0 Å². The number of nitrogens with zero attached hydrogens (tertiary/aromatic N) is 2. The smallest absolute Gasteiger partial charge is 0.346 e. The van der Waals surface area contributed by atoms with Gasteiger partial charge < -0.3 is 15.2 Å². The molecule has 1 aromatic carbocycles. The van der Waals surface area contributed by atoms with Crippen LogP contribution in [0, 0.1) is 12.7 Å². The molecule has 0 bridgehead atoms. The van der Waals surface area contributed by atoms with E-state index in [9.17, 15) is 14.3 Å². The molecular formula is C20H20FN3O3S. The van der Waals surface area contributed by atoms with E-state index < -0.39 is 5.97 Å². The second-order valence-electron chi connectivity index (χ2n) is 6.91. The van der Waals surface area contributed by atoms with Gasteiger partial charge in [-0.3, -0.25) is 0 Å². The van der Waals surface area contributed by atoms with Crippen molar-refractivity contribution in [1.29, 1.82) is 0 Å². The monoisotopic (exact) mass is 401 g/mol. The van der Waals surface area contributed by atoms with Gasteiger partial charge in [-0.2, -0.15) is 0 Å². The van der Waals surface area contributed by atoms with Gasteiger partial charge in [-0.05, 0) is 50.3 Å². The van der Waals surface area contributed by atoms with E-state index in [1.807, 2.05) is 0 Å². The maximum Gasteiger partial charge on any atom is 0.346 e. The molecule has 0 amide bonds. The molecule has 0 atom stereocenters. The number of nitrogens with one attached hydrogen (secondary N) is 1. The van der Waals surface area contributed by atoms with Crippen molar-refractivity contribution in [2.75, 3.05) is 5.32 Å². The minimum Gasteiger partial charge on any atom is -0.488 e. The topological polar surface area (TPSA) is 84.3 Å². The first kappa shape index (κ1) is 18.6. The number of ether oxygens (including phenoxy) is 1. The number of carbonyl (C=O) groups is 1. The molecule has 1 saturated carbocycles. The summed E-state index contributed by atoms with van der Waals surface area (Å²) in [6, 6.07) is 4.34. The van der Waals surface area contributed by atoms with Crippen LogP contribution in [-0.4, -0.2) is 27.1 Å². The molecule has 1 aliphatic carbocycles. The molecule has 8 heteroatoms. The van der Waals surface area contributed by atoms with E-state index >= 15 is 0 Å². The van der Waals surface area contributed by atoms with Crippen molar-refractivity contribution in [1.82, 2.24) is 9.97 Å². The molecule has 2 N–H and O–H groups in total. The fourth-order valence-corrected chi connectivity index (χ4v) is 4.54. The SMILES string of the molecule is Cc1c(C(=O)O)sc2ncnc(Nc3ccc(F)cc3OC3CCCCC3)c12. The van der Waals surface area contributed by atoms with Gasteiger partial charge in [-0.25, -0.2) is 19.2 Å². The number of carboxylic acid groups (broad SMARTS) is 1. The quantitative estimate of drug-likeness (QED) is 0.604. The van der Waals surface area contributed by atoms with Crippen LogP contribution in [-0.2, 0) is 0 Å². The predicted molar refractivity (Wildman–Crippen MR) is 106 cm³/mol. The number of fused-ring (bicyclic) bond motifs is 1. The standard InChI is InChI=1S/C20H20FN3O3S/c1-11-16-18(22-10-23-19(16)28-17(11)20(25)26)24-14-8-7-12(21)9-15(14)27-13-5-3-2-4-6-13/h7-10,13H,2-6H2,1H3,(H,25,26)(H,22,23,24).